The lowest BCUT2D eigenvalue weighted by Gasteiger charge is -2.05. The predicted octanol–water partition coefficient (Wildman–Crippen LogP) is 6.29. The Morgan fingerprint density at radius 2 is 1.57 bits per heavy atom. The van der Waals surface area contributed by atoms with Crippen molar-refractivity contribution in [2.45, 2.75) is 0 Å². The van der Waals surface area contributed by atoms with Gasteiger partial charge in [0.25, 0.3) is 0 Å². The lowest BCUT2D eigenvalue weighted by Crippen LogP contribution is -1.91. The fraction of sp³-hybridized carbons (Fsp3) is 0. The SMILES string of the molecule is Brc1ccc2c(c1)oc1c2c2ccccc2n1-c1ccccc1. The summed E-state index contributed by atoms with van der Waals surface area (Å²) < 4.78 is 9.45. The maximum atomic E-state index is 6.24. The molecule has 0 bridgehead atoms. The van der Waals surface area contributed by atoms with E-state index >= 15 is 0 Å². The zero-order valence-electron chi connectivity index (χ0n) is 12.2. The van der Waals surface area contributed by atoms with Crippen LogP contribution in [0.4, 0.5) is 0 Å². The summed E-state index contributed by atoms with van der Waals surface area (Å²) in [5.74, 6) is 0. The topological polar surface area (TPSA) is 18.1 Å². The third kappa shape index (κ3) is 1.80. The highest BCUT2D eigenvalue weighted by molar-refractivity contribution is 9.10. The molecule has 2 heterocycles. The normalized spacial score (nSPS) is 11.7. The summed E-state index contributed by atoms with van der Waals surface area (Å²) in [4.78, 5) is 0. The first-order chi connectivity index (χ1) is 11.3. The quantitative estimate of drug-likeness (QED) is 0.343. The predicted molar refractivity (Wildman–Crippen MR) is 98.3 cm³/mol. The molecule has 3 aromatic carbocycles. The van der Waals surface area contributed by atoms with Gasteiger partial charge in [-0.15, -0.1) is 0 Å². The molecule has 2 aromatic heterocycles. The molecular formula is C20H12BrNO. The summed E-state index contributed by atoms with van der Waals surface area (Å²) >= 11 is 3.52. The first-order valence-electron chi connectivity index (χ1n) is 7.49. The van der Waals surface area contributed by atoms with Gasteiger partial charge in [0.1, 0.15) is 5.58 Å². The third-order valence-corrected chi connectivity index (χ3v) is 4.76. The van der Waals surface area contributed by atoms with Gasteiger partial charge in [-0.1, -0.05) is 52.3 Å². The highest BCUT2D eigenvalue weighted by atomic mass is 79.9. The molecule has 0 aliphatic heterocycles. The van der Waals surface area contributed by atoms with Crippen LogP contribution in [0.3, 0.4) is 0 Å². The van der Waals surface area contributed by atoms with E-state index in [1.165, 1.54) is 10.8 Å². The number of furan rings is 1. The van der Waals surface area contributed by atoms with Crippen LogP contribution in [0, 0.1) is 0 Å². The molecule has 0 unspecified atom stereocenters. The number of para-hydroxylation sites is 2. The van der Waals surface area contributed by atoms with Crippen LogP contribution in [0.15, 0.2) is 81.7 Å². The third-order valence-electron chi connectivity index (χ3n) is 4.27. The second-order valence-electron chi connectivity index (χ2n) is 5.61. The molecule has 3 heteroatoms. The van der Waals surface area contributed by atoms with Crippen molar-refractivity contribution in [2.24, 2.45) is 0 Å². The second kappa shape index (κ2) is 4.74. The summed E-state index contributed by atoms with van der Waals surface area (Å²) in [6, 6.07) is 25.0. The average molecular weight is 362 g/mol. The van der Waals surface area contributed by atoms with E-state index in [0.717, 1.165) is 32.4 Å². The minimum absolute atomic E-state index is 0.894. The number of rotatable bonds is 1. The smallest absolute Gasteiger partial charge is 0.213 e. The van der Waals surface area contributed by atoms with Gasteiger partial charge in [-0.05, 0) is 36.4 Å². The molecule has 0 N–H and O–H groups in total. The number of nitrogens with zero attached hydrogens (tertiary/aromatic N) is 1. The fourth-order valence-corrected chi connectivity index (χ4v) is 3.64. The van der Waals surface area contributed by atoms with Crippen molar-refractivity contribution >= 4 is 48.9 Å². The Balaban J connectivity index is 2.04. The van der Waals surface area contributed by atoms with Crippen LogP contribution in [-0.2, 0) is 0 Å². The van der Waals surface area contributed by atoms with Crippen molar-refractivity contribution < 1.29 is 4.42 Å². The zero-order chi connectivity index (χ0) is 15.4. The van der Waals surface area contributed by atoms with Crippen molar-refractivity contribution in [3.8, 4) is 5.69 Å². The molecule has 0 fully saturated rings. The van der Waals surface area contributed by atoms with Gasteiger partial charge in [0, 0.05) is 20.9 Å². The largest absolute Gasteiger partial charge is 0.439 e. The van der Waals surface area contributed by atoms with E-state index in [1.807, 2.05) is 12.1 Å². The number of aromatic nitrogens is 1. The minimum atomic E-state index is 0.894. The summed E-state index contributed by atoms with van der Waals surface area (Å²) in [5.41, 5.74) is 4.07. The molecule has 0 amide bonds. The molecule has 0 atom stereocenters. The van der Waals surface area contributed by atoms with Crippen molar-refractivity contribution in [1.29, 1.82) is 0 Å². The molecule has 2 nitrogen and oxygen atoms in total. The van der Waals surface area contributed by atoms with E-state index in [9.17, 15) is 0 Å². The van der Waals surface area contributed by atoms with Gasteiger partial charge in [0.2, 0.25) is 5.71 Å². The lowest BCUT2D eigenvalue weighted by molar-refractivity contribution is 0.645. The van der Waals surface area contributed by atoms with Crippen LogP contribution in [0.2, 0.25) is 0 Å². The maximum absolute atomic E-state index is 6.24. The summed E-state index contributed by atoms with van der Waals surface area (Å²) in [6.45, 7) is 0. The van der Waals surface area contributed by atoms with Crippen LogP contribution in [0.25, 0.3) is 38.7 Å². The Kier molecular flexibility index (Phi) is 2.67. The van der Waals surface area contributed by atoms with Gasteiger partial charge in [-0.3, -0.25) is 4.57 Å². The van der Waals surface area contributed by atoms with E-state index < -0.39 is 0 Å². The lowest BCUT2D eigenvalue weighted by atomic mass is 10.1. The Morgan fingerprint density at radius 3 is 2.43 bits per heavy atom. The van der Waals surface area contributed by atoms with Gasteiger partial charge < -0.3 is 4.42 Å². The Hall–Kier alpha value is -2.52. The number of hydrogen-bond acceptors (Lipinski definition) is 1. The molecule has 0 saturated heterocycles. The molecule has 0 saturated carbocycles. The van der Waals surface area contributed by atoms with E-state index in [2.05, 4.69) is 81.2 Å². The summed E-state index contributed by atoms with van der Waals surface area (Å²) in [5, 5.41) is 3.54. The van der Waals surface area contributed by atoms with Crippen molar-refractivity contribution in [2.75, 3.05) is 0 Å². The molecule has 110 valence electrons. The molecule has 5 aromatic rings. The summed E-state index contributed by atoms with van der Waals surface area (Å²) in [6.07, 6.45) is 0. The minimum Gasteiger partial charge on any atom is -0.439 e. The number of benzene rings is 3. The Labute approximate surface area is 141 Å². The highest BCUT2D eigenvalue weighted by Crippen LogP contribution is 2.39. The first kappa shape index (κ1) is 13.0. The van der Waals surface area contributed by atoms with Gasteiger partial charge in [-0.2, -0.15) is 0 Å². The monoisotopic (exact) mass is 361 g/mol. The fourth-order valence-electron chi connectivity index (χ4n) is 3.30. The van der Waals surface area contributed by atoms with E-state index in [4.69, 9.17) is 4.42 Å². The first-order valence-corrected chi connectivity index (χ1v) is 8.29. The molecule has 5 rings (SSSR count). The maximum Gasteiger partial charge on any atom is 0.213 e. The van der Waals surface area contributed by atoms with E-state index in [-0.39, 0.29) is 0 Å². The molecular weight excluding hydrogens is 350 g/mol. The van der Waals surface area contributed by atoms with E-state index in [1.54, 1.807) is 0 Å². The summed E-state index contributed by atoms with van der Waals surface area (Å²) in [7, 11) is 0. The van der Waals surface area contributed by atoms with Crippen LogP contribution >= 0.6 is 15.9 Å². The van der Waals surface area contributed by atoms with Gasteiger partial charge in [-0.25, -0.2) is 0 Å². The van der Waals surface area contributed by atoms with Crippen LogP contribution in [-0.4, -0.2) is 4.57 Å². The van der Waals surface area contributed by atoms with Crippen molar-refractivity contribution in [3.63, 3.8) is 0 Å². The highest BCUT2D eigenvalue weighted by Gasteiger charge is 2.18. The van der Waals surface area contributed by atoms with Gasteiger partial charge >= 0.3 is 0 Å². The second-order valence-corrected chi connectivity index (χ2v) is 6.53. The van der Waals surface area contributed by atoms with Crippen molar-refractivity contribution in [1.82, 2.24) is 4.57 Å². The Bertz CT molecular complexity index is 1170. The molecule has 0 radical (unpaired) electrons. The zero-order valence-corrected chi connectivity index (χ0v) is 13.7. The van der Waals surface area contributed by atoms with Gasteiger partial charge in [0.05, 0.1) is 10.9 Å². The number of hydrogen-bond donors (Lipinski definition) is 0. The van der Waals surface area contributed by atoms with Crippen LogP contribution < -0.4 is 0 Å². The molecule has 0 aliphatic rings. The van der Waals surface area contributed by atoms with Crippen LogP contribution in [0.1, 0.15) is 0 Å². The van der Waals surface area contributed by atoms with Crippen molar-refractivity contribution in [3.05, 3.63) is 77.3 Å². The molecule has 0 aliphatic carbocycles. The molecule has 0 spiro atoms. The average Bonchev–Trinajstić information content (AvgIpc) is 3.09. The number of halogens is 1. The number of fused-ring (bicyclic) bond motifs is 5. The Morgan fingerprint density at radius 1 is 0.783 bits per heavy atom. The standard InChI is InChI=1S/C20H12BrNO/c21-13-10-11-16-18(12-13)23-20-19(16)15-8-4-5-9-17(15)22(20)14-6-2-1-3-7-14/h1-12H. The van der Waals surface area contributed by atoms with E-state index in [0.29, 0.717) is 0 Å². The molecule has 23 heavy (non-hydrogen) atoms. The van der Waals surface area contributed by atoms with Crippen LogP contribution in [0.5, 0.6) is 0 Å². The van der Waals surface area contributed by atoms with Gasteiger partial charge in [0.15, 0.2) is 0 Å².